The predicted octanol–water partition coefficient (Wildman–Crippen LogP) is 3.37. The van der Waals surface area contributed by atoms with E-state index in [1.54, 1.807) is 0 Å². The van der Waals surface area contributed by atoms with E-state index in [9.17, 15) is 4.79 Å². The van der Waals surface area contributed by atoms with Gasteiger partial charge in [0.2, 0.25) is 0 Å². The second kappa shape index (κ2) is 8.34. The lowest BCUT2D eigenvalue weighted by molar-refractivity contribution is 0.0947. The van der Waals surface area contributed by atoms with Crippen molar-refractivity contribution in [2.24, 2.45) is 0 Å². The van der Waals surface area contributed by atoms with Crippen LogP contribution in [0, 0.1) is 0 Å². The van der Waals surface area contributed by atoms with Crippen LogP contribution < -0.4 is 10.2 Å². The van der Waals surface area contributed by atoms with E-state index in [1.807, 2.05) is 12.1 Å². The van der Waals surface area contributed by atoms with Crippen molar-refractivity contribution in [1.29, 1.82) is 0 Å². The molecule has 0 spiro atoms. The normalized spacial score (nSPS) is 20.9. The number of nitrogens with one attached hydrogen (secondary N) is 1. The summed E-state index contributed by atoms with van der Waals surface area (Å²) in [4.78, 5) is 14.5. The predicted molar refractivity (Wildman–Crippen MR) is 93.0 cm³/mol. The third-order valence-corrected chi connectivity index (χ3v) is 4.86. The highest BCUT2D eigenvalue weighted by atomic mass is 16.5. The summed E-state index contributed by atoms with van der Waals surface area (Å²) < 4.78 is 5.61. The third-order valence-electron chi connectivity index (χ3n) is 4.86. The molecule has 2 aliphatic rings. The fraction of sp³-hybridized carbons (Fsp3) is 0.632. The molecule has 2 fully saturated rings. The third kappa shape index (κ3) is 4.71. The Balaban J connectivity index is 1.36. The van der Waals surface area contributed by atoms with Gasteiger partial charge < -0.3 is 15.0 Å². The van der Waals surface area contributed by atoms with Crippen LogP contribution in [0.4, 0.5) is 5.69 Å². The molecule has 0 unspecified atom stereocenters. The molecule has 3 rings (SSSR count). The number of rotatable bonds is 7. The summed E-state index contributed by atoms with van der Waals surface area (Å²) in [5.74, 6) is 0.0371. The fourth-order valence-corrected chi connectivity index (χ4v) is 3.47. The number of ether oxygens (including phenoxy) is 1. The highest BCUT2D eigenvalue weighted by molar-refractivity contribution is 5.94. The van der Waals surface area contributed by atoms with Crippen molar-refractivity contribution in [3.63, 3.8) is 0 Å². The van der Waals surface area contributed by atoms with Crippen LogP contribution in [0.5, 0.6) is 0 Å². The van der Waals surface area contributed by atoms with Crippen molar-refractivity contribution < 1.29 is 9.53 Å². The maximum Gasteiger partial charge on any atom is 0.251 e. The average molecular weight is 316 g/mol. The Morgan fingerprint density at radius 2 is 1.91 bits per heavy atom. The van der Waals surface area contributed by atoms with Crippen molar-refractivity contribution in [1.82, 2.24) is 5.32 Å². The molecule has 0 radical (unpaired) electrons. The van der Waals surface area contributed by atoms with Gasteiger partial charge in [0.25, 0.3) is 5.91 Å². The Morgan fingerprint density at radius 1 is 1.13 bits per heavy atom. The molecule has 4 heteroatoms. The smallest absolute Gasteiger partial charge is 0.251 e. The first-order valence-electron chi connectivity index (χ1n) is 9.08. The molecule has 0 saturated carbocycles. The highest BCUT2D eigenvalue weighted by Gasteiger charge is 2.15. The van der Waals surface area contributed by atoms with Gasteiger partial charge in [0.05, 0.1) is 6.10 Å². The Labute approximate surface area is 139 Å². The Morgan fingerprint density at radius 3 is 2.61 bits per heavy atom. The topological polar surface area (TPSA) is 41.6 Å². The van der Waals surface area contributed by atoms with E-state index < -0.39 is 0 Å². The average Bonchev–Trinajstić information content (AvgIpc) is 3.28. The molecule has 23 heavy (non-hydrogen) atoms. The van der Waals surface area contributed by atoms with Crippen LogP contribution >= 0.6 is 0 Å². The molecule has 1 N–H and O–H groups in total. The van der Waals surface area contributed by atoms with E-state index in [4.69, 9.17) is 4.74 Å². The van der Waals surface area contributed by atoms with Crippen LogP contribution in [0.15, 0.2) is 24.3 Å². The molecule has 1 aromatic rings. The lowest BCUT2D eigenvalue weighted by Gasteiger charge is -2.17. The number of carbonyl (C=O) groups is 1. The minimum atomic E-state index is 0.0371. The zero-order valence-electron chi connectivity index (χ0n) is 13.9. The zero-order chi connectivity index (χ0) is 15.9. The number of hydrogen-bond acceptors (Lipinski definition) is 3. The highest BCUT2D eigenvalue weighted by Crippen LogP contribution is 2.20. The van der Waals surface area contributed by atoms with Gasteiger partial charge in [0.1, 0.15) is 0 Å². The maximum absolute atomic E-state index is 12.1. The Hall–Kier alpha value is -1.55. The Kier molecular flexibility index (Phi) is 5.92. The van der Waals surface area contributed by atoms with Crippen LogP contribution in [0.25, 0.3) is 0 Å². The molecule has 0 aliphatic carbocycles. The zero-order valence-corrected chi connectivity index (χ0v) is 13.9. The van der Waals surface area contributed by atoms with Gasteiger partial charge in [-0.05, 0) is 69.2 Å². The summed E-state index contributed by atoms with van der Waals surface area (Å²) in [7, 11) is 0. The number of hydrogen-bond donors (Lipinski definition) is 1. The second-order valence-electron chi connectivity index (χ2n) is 6.63. The summed E-state index contributed by atoms with van der Waals surface area (Å²) in [5, 5.41) is 3.02. The van der Waals surface area contributed by atoms with Crippen molar-refractivity contribution in [2.45, 2.75) is 51.0 Å². The van der Waals surface area contributed by atoms with Crippen molar-refractivity contribution in [2.75, 3.05) is 31.1 Å². The lowest BCUT2D eigenvalue weighted by Crippen LogP contribution is -2.25. The van der Waals surface area contributed by atoms with Gasteiger partial charge in [-0.25, -0.2) is 0 Å². The van der Waals surface area contributed by atoms with Gasteiger partial charge in [-0.15, -0.1) is 0 Å². The van der Waals surface area contributed by atoms with Gasteiger partial charge in [-0.2, -0.15) is 0 Å². The summed E-state index contributed by atoms with van der Waals surface area (Å²) in [6, 6.07) is 8.01. The number of amides is 1. The molecule has 2 heterocycles. The van der Waals surface area contributed by atoms with Crippen molar-refractivity contribution in [3.05, 3.63) is 29.8 Å². The van der Waals surface area contributed by atoms with Crippen LogP contribution in [-0.2, 0) is 4.74 Å². The molecule has 2 aliphatic heterocycles. The minimum absolute atomic E-state index is 0.0371. The van der Waals surface area contributed by atoms with E-state index in [-0.39, 0.29) is 5.91 Å². The van der Waals surface area contributed by atoms with E-state index in [1.165, 1.54) is 31.4 Å². The lowest BCUT2D eigenvalue weighted by atomic mass is 10.1. The molecule has 126 valence electrons. The van der Waals surface area contributed by atoms with Crippen LogP contribution in [0.2, 0.25) is 0 Å². The minimum Gasteiger partial charge on any atom is -0.378 e. The van der Waals surface area contributed by atoms with E-state index in [0.717, 1.165) is 51.1 Å². The van der Waals surface area contributed by atoms with Crippen LogP contribution in [0.1, 0.15) is 55.3 Å². The van der Waals surface area contributed by atoms with Gasteiger partial charge in [0, 0.05) is 37.5 Å². The van der Waals surface area contributed by atoms with E-state index >= 15 is 0 Å². The molecular weight excluding hydrogens is 288 g/mol. The number of unbranched alkanes of at least 4 members (excludes halogenated alkanes) is 1. The molecule has 2 saturated heterocycles. The molecule has 0 bridgehead atoms. The number of carbonyl (C=O) groups excluding carboxylic acids is 1. The monoisotopic (exact) mass is 316 g/mol. The number of benzene rings is 1. The van der Waals surface area contributed by atoms with E-state index in [2.05, 4.69) is 22.3 Å². The molecule has 1 amide bonds. The van der Waals surface area contributed by atoms with Gasteiger partial charge in [-0.1, -0.05) is 0 Å². The quantitative estimate of drug-likeness (QED) is 0.784. The van der Waals surface area contributed by atoms with Gasteiger partial charge >= 0.3 is 0 Å². The molecule has 0 aromatic heterocycles. The van der Waals surface area contributed by atoms with E-state index in [0.29, 0.717) is 6.10 Å². The molecule has 1 aromatic carbocycles. The largest absolute Gasteiger partial charge is 0.378 e. The molecule has 1 atom stereocenters. The summed E-state index contributed by atoms with van der Waals surface area (Å²) in [5.41, 5.74) is 1.99. The number of nitrogens with zero attached hydrogens (tertiary/aromatic N) is 1. The van der Waals surface area contributed by atoms with Gasteiger partial charge in [0.15, 0.2) is 0 Å². The van der Waals surface area contributed by atoms with Gasteiger partial charge in [-0.3, -0.25) is 4.79 Å². The summed E-state index contributed by atoms with van der Waals surface area (Å²) >= 11 is 0. The first kappa shape index (κ1) is 16.3. The Bertz CT molecular complexity index is 489. The number of anilines is 1. The molecule has 4 nitrogen and oxygen atoms in total. The van der Waals surface area contributed by atoms with Crippen molar-refractivity contribution in [3.8, 4) is 0 Å². The fourth-order valence-electron chi connectivity index (χ4n) is 3.47. The SMILES string of the molecule is O=C(NCCCC[C@H]1CCCO1)c1ccc(N2CCCC2)cc1. The second-order valence-corrected chi connectivity index (χ2v) is 6.63. The molecular formula is C19H28N2O2. The van der Waals surface area contributed by atoms with Crippen molar-refractivity contribution >= 4 is 11.6 Å². The van der Waals surface area contributed by atoms with Crippen LogP contribution in [-0.4, -0.2) is 38.3 Å². The van der Waals surface area contributed by atoms with Crippen LogP contribution in [0.3, 0.4) is 0 Å². The summed E-state index contributed by atoms with van der Waals surface area (Å²) in [6.07, 6.45) is 8.69. The standard InChI is InChI=1S/C19H28N2O2/c22-19(20-12-2-1-6-18-7-5-15-23-18)16-8-10-17(11-9-16)21-13-3-4-14-21/h8-11,18H,1-7,12-15H2,(H,20,22)/t18-/m0/s1. The maximum atomic E-state index is 12.1. The first-order chi connectivity index (χ1) is 11.3. The first-order valence-corrected chi connectivity index (χ1v) is 9.08. The summed E-state index contributed by atoms with van der Waals surface area (Å²) in [6.45, 7) is 3.95.